The normalized spacial score (nSPS) is 12.6. The third-order valence-corrected chi connectivity index (χ3v) is 4.84. The summed E-state index contributed by atoms with van der Waals surface area (Å²) < 4.78 is 6.41. The van der Waals surface area contributed by atoms with Crippen LogP contribution >= 0.6 is 27.3 Å². The van der Waals surface area contributed by atoms with E-state index in [1.807, 2.05) is 0 Å². The highest BCUT2D eigenvalue weighted by atomic mass is 79.9. The standard InChI is InChI=1S/C15H18BrNOS/c1-11(14-7-8-15(16)19-14)17-9-12-5-3-4-6-13(12)10-18-2/h3-8,11,17H,9-10H2,1-2H3. The second kappa shape index (κ2) is 7.20. The third-order valence-electron chi connectivity index (χ3n) is 3.04. The fourth-order valence-corrected chi connectivity index (χ4v) is 3.40. The summed E-state index contributed by atoms with van der Waals surface area (Å²) >= 11 is 5.28. The second-order valence-corrected chi connectivity index (χ2v) is 6.94. The minimum absolute atomic E-state index is 0.354. The lowest BCUT2D eigenvalue weighted by atomic mass is 10.1. The van der Waals surface area contributed by atoms with Crippen LogP contribution in [-0.2, 0) is 17.9 Å². The molecule has 1 unspecified atom stereocenters. The molecular formula is C15H18BrNOS. The van der Waals surface area contributed by atoms with Gasteiger partial charge in [0.15, 0.2) is 0 Å². The molecule has 0 radical (unpaired) electrons. The van der Waals surface area contributed by atoms with Crippen LogP contribution in [0.5, 0.6) is 0 Å². The number of thiophene rings is 1. The van der Waals surface area contributed by atoms with Gasteiger partial charge in [-0.2, -0.15) is 0 Å². The van der Waals surface area contributed by atoms with Gasteiger partial charge in [0.1, 0.15) is 0 Å². The lowest BCUT2D eigenvalue weighted by Crippen LogP contribution is -2.18. The van der Waals surface area contributed by atoms with Crippen molar-refractivity contribution in [3.63, 3.8) is 0 Å². The Morgan fingerprint density at radius 1 is 1.21 bits per heavy atom. The van der Waals surface area contributed by atoms with Gasteiger partial charge in [-0.15, -0.1) is 11.3 Å². The molecule has 0 spiro atoms. The molecule has 1 N–H and O–H groups in total. The number of benzene rings is 1. The molecule has 1 aromatic carbocycles. The summed E-state index contributed by atoms with van der Waals surface area (Å²) in [6.45, 7) is 3.71. The Morgan fingerprint density at radius 3 is 2.58 bits per heavy atom. The van der Waals surface area contributed by atoms with E-state index in [9.17, 15) is 0 Å². The van der Waals surface area contributed by atoms with Crippen LogP contribution in [0.25, 0.3) is 0 Å². The van der Waals surface area contributed by atoms with Gasteiger partial charge in [0, 0.05) is 24.6 Å². The van der Waals surface area contributed by atoms with Crippen LogP contribution in [0, 0.1) is 0 Å². The first kappa shape index (κ1) is 14.7. The van der Waals surface area contributed by atoms with Crippen molar-refractivity contribution < 1.29 is 4.74 Å². The van der Waals surface area contributed by atoms with Gasteiger partial charge in [-0.05, 0) is 46.1 Å². The van der Waals surface area contributed by atoms with Crippen molar-refractivity contribution in [2.24, 2.45) is 0 Å². The van der Waals surface area contributed by atoms with Gasteiger partial charge >= 0.3 is 0 Å². The topological polar surface area (TPSA) is 21.3 Å². The number of halogens is 1. The molecule has 19 heavy (non-hydrogen) atoms. The van der Waals surface area contributed by atoms with E-state index >= 15 is 0 Å². The van der Waals surface area contributed by atoms with Gasteiger partial charge in [-0.3, -0.25) is 0 Å². The summed E-state index contributed by atoms with van der Waals surface area (Å²) in [4.78, 5) is 1.34. The van der Waals surface area contributed by atoms with Crippen molar-refractivity contribution in [3.05, 3.63) is 56.2 Å². The SMILES string of the molecule is COCc1ccccc1CNC(C)c1ccc(Br)s1. The molecule has 102 valence electrons. The Labute approximate surface area is 126 Å². The fraction of sp³-hybridized carbons (Fsp3) is 0.333. The largest absolute Gasteiger partial charge is 0.380 e. The molecule has 2 nitrogen and oxygen atoms in total. The molecule has 0 bridgehead atoms. The maximum Gasteiger partial charge on any atom is 0.0716 e. The lowest BCUT2D eigenvalue weighted by molar-refractivity contribution is 0.184. The Bertz CT molecular complexity index is 526. The molecule has 0 aliphatic heterocycles. The first-order valence-corrected chi connectivity index (χ1v) is 7.86. The van der Waals surface area contributed by atoms with E-state index in [1.54, 1.807) is 18.4 Å². The van der Waals surface area contributed by atoms with Gasteiger partial charge in [-0.1, -0.05) is 24.3 Å². The molecule has 1 aromatic heterocycles. The van der Waals surface area contributed by atoms with Crippen LogP contribution in [0.15, 0.2) is 40.2 Å². The molecule has 2 aromatic rings. The Kier molecular flexibility index (Phi) is 5.58. The van der Waals surface area contributed by atoms with Gasteiger partial charge in [0.2, 0.25) is 0 Å². The first-order chi connectivity index (χ1) is 9.20. The minimum atomic E-state index is 0.354. The average Bonchev–Trinajstić information content (AvgIpc) is 2.84. The summed E-state index contributed by atoms with van der Waals surface area (Å²) in [5.41, 5.74) is 2.55. The summed E-state index contributed by atoms with van der Waals surface area (Å²) in [6.07, 6.45) is 0. The smallest absolute Gasteiger partial charge is 0.0716 e. The van der Waals surface area contributed by atoms with E-state index in [4.69, 9.17) is 4.74 Å². The number of hydrogen-bond acceptors (Lipinski definition) is 3. The predicted octanol–water partition coefficient (Wildman–Crippen LogP) is 4.51. The maximum atomic E-state index is 5.23. The molecule has 0 amide bonds. The molecule has 0 aliphatic carbocycles. The minimum Gasteiger partial charge on any atom is -0.380 e. The number of hydrogen-bond donors (Lipinski definition) is 1. The summed E-state index contributed by atoms with van der Waals surface area (Å²) in [5, 5.41) is 3.56. The zero-order chi connectivity index (χ0) is 13.7. The molecule has 0 aliphatic rings. The molecule has 1 heterocycles. The average molecular weight is 340 g/mol. The molecule has 0 saturated heterocycles. The number of rotatable bonds is 6. The van der Waals surface area contributed by atoms with Crippen molar-refractivity contribution in [3.8, 4) is 0 Å². The zero-order valence-electron chi connectivity index (χ0n) is 11.2. The highest BCUT2D eigenvalue weighted by Crippen LogP contribution is 2.27. The van der Waals surface area contributed by atoms with Crippen molar-refractivity contribution >= 4 is 27.3 Å². The van der Waals surface area contributed by atoms with Gasteiger partial charge in [-0.25, -0.2) is 0 Å². The van der Waals surface area contributed by atoms with Crippen LogP contribution in [0.2, 0.25) is 0 Å². The van der Waals surface area contributed by atoms with Crippen LogP contribution in [0.4, 0.5) is 0 Å². The summed E-state index contributed by atoms with van der Waals surface area (Å²) in [7, 11) is 1.73. The number of nitrogens with one attached hydrogen (secondary N) is 1. The Morgan fingerprint density at radius 2 is 1.95 bits per heavy atom. The first-order valence-electron chi connectivity index (χ1n) is 6.25. The van der Waals surface area contributed by atoms with Gasteiger partial charge in [0.25, 0.3) is 0 Å². The van der Waals surface area contributed by atoms with Gasteiger partial charge in [0.05, 0.1) is 10.4 Å². The number of ether oxygens (including phenoxy) is 1. The number of methoxy groups -OCH3 is 1. The molecule has 0 fully saturated rings. The van der Waals surface area contributed by atoms with E-state index in [0.717, 1.165) is 6.54 Å². The fourth-order valence-electron chi connectivity index (χ4n) is 1.95. The highest BCUT2D eigenvalue weighted by Gasteiger charge is 2.08. The van der Waals surface area contributed by atoms with Crippen LogP contribution in [0.3, 0.4) is 0 Å². The molecule has 1 atom stereocenters. The second-order valence-electron chi connectivity index (χ2n) is 4.45. The van der Waals surface area contributed by atoms with Crippen molar-refractivity contribution in [1.82, 2.24) is 5.32 Å². The molecule has 4 heteroatoms. The Balaban J connectivity index is 1.98. The Hall–Kier alpha value is -0.680. The highest BCUT2D eigenvalue weighted by molar-refractivity contribution is 9.11. The van der Waals surface area contributed by atoms with Crippen molar-refractivity contribution in [1.29, 1.82) is 0 Å². The third kappa shape index (κ3) is 4.14. The van der Waals surface area contributed by atoms with Crippen molar-refractivity contribution in [2.45, 2.75) is 26.1 Å². The van der Waals surface area contributed by atoms with E-state index < -0.39 is 0 Å². The van der Waals surface area contributed by atoms with E-state index in [0.29, 0.717) is 12.6 Å². The van der Waals surface area contributed by atoms with Gasteiger partial charge < -0.3 is 10.1 Å². The quantitative estimate of drug-likeness (QED) is 0.836. The zero-order valence-corrected chi connectivity index (χ0v) is 13.6. The van der Waals surface area contributed by atoms with E-state index in [2.05, 4.69) is 64.6 Å². The van der Waals surface area contributed by atoms with Crippen molar-refractivity contribution in [2.75, 3.05) is 7.11 Å². The molecule has 2 rings (SSSR count). The van der Waals surface area contributed by atoms with Crippen LogP contribution in [0.1, 0.15) is 29.0 Å². The predicted molar refractivity (Wildman–Crippen MR) is 84.4 cm³/mol. The lowest BCUT2D eigenvalue weighted by Gasteiger charge is -2.14. The van der Waals surface area contributed by atoms with E-state index in [1.165, 1.54) is 19.8 Å². The monoisotopic (exact) mass is 339 g/mol. The van der Waals surface area contributed by atoms with E-state index in [-0.39, 0.29) is 0 Å². The van der Waals surface area contributed by atoms with Crippen LogP contribution in [-0.4, -0.2) is 7.11 Å². The molecule has 0 saturated carbocycles. The summed E-state index contributed by atoms with van der Waals surface area (Å²) in [5.74, 6) is 0. The summed E-state index contributed by atoms with van der Waals surface area (Å²) in [6, 6.07) is 13.0. The molecular weight excluding hydrogens is 322 g/mol. The maximum absolute atomic E-state index is 5.23. The van der Waals surface area contributed by atoms with Crippen LogP contribution < -0.4 is 5.32 Å².